The van der Waals surface area contributed by atoms with Crippen molar-refractivity contribution >= 4 is 18.1 Å². The first-order valence-electron chi connectivity index (χ1n) is 10.4. The number of likely N-dealkylation sites (tertiary alicyclic amines) is 1. The molecular weight excluding hydrogens is 392 g/mol. The van der Waals surface area contributed by atoms with Gasteiger partial charge in [-0.2, -0.15) is 0 Å². The van der Waals surface area contributed by atoms with Crippen molar-refractivity contribution in [2.75, 3.05) is 13.1 Å². The van der Waals surface area contributed by atoms with Gasteiger partial charge in [-0.1, -0.05) is 54.6 Å². The van der Waals surface area contributed by atoms with Crippen LogP contribution in [0.5, 0.6) is 0 Å². The fourth-order valence-electron chi connectivity index (χ4n) is 3.62. The van der Waals surface area contributed by atoms with E-state index >= 15 is 0 Å². The molecule has 4 N–H and O–H groups in total. The quantitative estimate of drug-likeness (QED) is 0.538. The van der Waals surface area contributed by atoms with Gasteiger partial charge in [-0.3, -0.25) is 9.59 Å². The zero-order chi connectivity index (χ0) is 22.1. The Morgan fingerprint density at radius 2 is 1.77 bits per heavy atom. The Balaban J connectivity index is 1.50. The minimum Gasteiger partial charge on any atom is -0.401 e. The Labute approximate surface area is 182 Å². The summed E-state index contributed by atoms with van der Waals surface area (Å²) in [5.74, 6) is -0.311. The lowest BCUT2D eigenvalue weighted by Crippen LogP contribution is -2.47. The van der Waals surface area contributed by atoms with Crippen LogP contribution in [0, 0.1) is 0 Å². The SMILES string of the molecule is N/C(=C\NCC(=O)N1CCCC1C(=O)NCc1ccc(-c2ccccc2)cc1)CC=O. The number of rotatable bonds is 9. The summed E-state index contributed by atoms with van der Waals surface area (Å²) >= 11 is 0. The minimum absolute atomic E-state index is 0.0320. The number of allylic oxidation sites excluding steroid dienone is 1. The normalized spacial score (nSPS) is 16.1. The standard InChI is InChI=1S/C24H28N4O3/c25-21(12-14-29)16-26-17-23(30)28-13-4-7-22(28)24(31)27-15-18-8-10-20(11-9-18)19-5-2-1-3-6-19/h1-3,5-6,8-11,14,16,22,26H,4,7,12-13,15,17,25H2,(H,27,31)/b21-16-. The Kier molecular flexibility index (Phi) is 7.81. The second kappa shape index (κ2) is 11.0. The Hall–Kier alpha value is -3.61. The van der Waals surface area contributed by atoms with E-state index in [0.29, 0.717) is 31.5 Å². The number of hydrogen-bond acceptors (Lipinski definition) is 5. The van der Waals surface area contributed by atoms with Crippen LogP contribution in [-0.2, 0) is 20.9 Å². The van der Waals surface area contributed by atoms with E-state index in [1.54, 1.807) is 4.90 Å². The molecule has 2 aromatic rings. The van der Waals surface area contributed by atoms with Crippen molar-refractivity contribution in [2.24, 2.45) is 5.73 Å². The van der Waals surface area contributed by atoms with Crippen molar-refractivity contribution in [3.63, 3.8) is 0 Å². The Bertz CT molecular complexity index is 926. The van der Waals surface area contributed by atoms with E-state index < -0.39 is 6.04 Å². The van der Waals surface area contributed by atoms with E-state index in [0.717, 1.165) is 23.1 Å². The van der Waals surface area contributed by atoms with E-state index in [9.17, 15) is 14.4 Å². The topological polar surface area (TPSA) is 105 Å². The lowest BCUT2D eigenvalue weighted by atomic mass is 10.0. The zero-order valence-electron chi connectivity index (χ0n) is 17.4. The van der Waals surface area contributed by atoms with Gasteiger partial charge in [0.1, 0.15) is 12.3 Å². The molecule has 7 heteroatoms. The number of amides is 2. The van der Waals surface area contributed by atoms with Gasteiger partial charge >= 0.3 is 0 Å². The first-order chi connectivity index (χ1) is 15.1. The third-order valence-corrected chi connectivity index (χ3v) is 5.26. The highest BCUT2D eigenvalue weighted by molar-refractivity contribution is 5.89. The molecule has 0 radical (unpaired) electrons. The first-order valence-corrected chi connectivity index (χ1v) is 10.4. The molecule has 2 amide bonds. The summed E-state index contributed by atoms with van der Waals surface area (Å²) in [6.45, 7) is 0.998. The van der Waals surface area contributed by atoms with Crippen LogP contribution >= 0.6 is 0 Å². The molecular formula is C24H28N4O3. The molecule has 31 heavy (non-hydrogen) atoms. The zero-order valence-corrected chi connectivity index (χ0v) is 17.4. The lowest BCUT2D eigenvalue weighted by Gasteiger charge is -2.24. The van der Waals surface area contributed by atoms with Crippen LogP contribution in [0.15, 0.2) is 66.5 Å². The summed E-state index contributed by atoms with van der Waals surface area (Å²) in [6.07, 6.45) is 3.70. The molecule has 0 spiro atoms. The molecule has 1 heterocycles. The molecule has 0 bridgehead atoms. The van der Waals surface area contributed by atoms with Gasteiger partial charge in [0, 0.05) is 31.4 Å². The van der Waals surface area contributed by atoms with E-state index in [1.165, 1.54) is 6.20 Å². The third kappa shape index (κ3) is 6.18. The van der Waals surface area contributed by atoms with E-state index in [4.69, 9.17) is 5.73 Å². The van der Waals surface area contributed by atoms with Gasteiger partial charge in [0.2, 0.25) is 11.8 Å². The van der Waals surface area contributed by atoms with Crippen molar-refractivity contribution in [2.45, 2.75) is 31.8 Å². The fourth-order valence-corrected chi connectivity index (χ4v) is 3.62. The summed E-state index contributed by atoms with van der Waals surface area (Å²) in [5, 5.41) is 5.77. The predicted molar refractivity (Wildman–Crippen MR) is 119 cm³/mol. The molecule has 7 nitrogen and oxygen atoms in total. The Morgan fingerprint density at radius 1 is 1.06 bits per heavy atom. The maximum absolute atomic E-state index is 12.7. The predicted octanol–water partition coefficient (Wildman–Crippen LogP) is 1.94. The molecule has 1 aliphatic heterocycles. The maximum Gasteiger partial charge on any atom is 0.243 e. The summed E-state index contributed by atoms with van der Waals surface area (Å²) in [7, 11) is 0. The van der Waals surface area contributed by atoms with Crippen LogP contribution in [0.3, 0.4) is 0 Å². The van der Waals surface area contributed by atoms with Gasteiger partial charge in [0.05, 0.1) is 6.54 Å². The number of nitrogens with two attached hydrogens (primary N) is 1. The average Bonchev–Trinajstić information content (AvgIpc) is 3.29. The lowest BCUT2D eigenvalue weighted by molar-refractivity contribution is -0.137. The van der Waals surface area contributed by atoms with E-state index in [2.05, 4.69) is 22.8 Å². The molecule has 1 saturated heterocycles. The molecule has 1 unspecified atom stereocenters. The fraction of sp³-hybridized carbons (Fsp3) is 0.292. The number of nitrogens with zero attached hydrogens (tertiary/aromatic N) is 1. The average molecular weight is 421 g/mol. The highest BCUT2D eigenvalue weighted by atomic mass is 16.2. The minimum atomic E-state index is -0.464. The second-order valence-electron chi connectivity index (χ2n) is 7.50. The van der Waals surface area contributed by atoms with Crippen LogP contribution in [0.4, 0.5) is 0 Å². The molecule has 3 rings (SSSR count). The van der Waals surface area contributed by atoms with E-state index in [-0.39, 0.29) is 24.8 Å². The van der Waals surface area contributed by atoms with Gasteiger partial charge < -0.3 is 26.1 Å². The van der Waals surface area contributed by atoms with Crippen LogP contribution in [0.2, 0.25) is 0 Å². The summed E-state index contributed by atoms with van der Waals surface area (Å²) < 4.78 is 0. The van der Waals surface area contributed by atoms with Crippen LogP contribution < -0.4 is 16.4 Å². The van der Waals surface area contributed by atoms with Gasteiger partial charge in [0.15, 0.2) is 0 Å². The smallest absolute Gasteiger partial charge is 0.243 e. The van der Waals surface area contributed by atoms with Gasteiger partial charge in [-0.15, -0.1) is 0 Å². The number of aldehydes is 1. The second-order valence-corrected chi connectivity index (χ2v) is 7.50. The first kappa shape index (κ1) is 22.1. The number of benzene rings is 2. The molecule has 2 aromatic carbocycles. The number of carbonyl (C=O) groups is 3. The number of carbonyl (C=O) groups excluding carboxylic acids is 3. The largest absolute Gasteiger partial charge is 0.401 e. The molecule has 0 aliphatic carbocycles. The van der Waals surface area contributed by atoms with Crippen LogP contribution in [0.1, 0.15) is 24.8 Å². The third-order valence-electron chi connectivity index (χ3n) is 5.26. The Morgan fingerprint density at radius 3 is 2.48 bits per heavy atom. The molecule has 162 valence electrons. The van der Waals surface area contributed by atoms with Crippen LogP contribution in [0.25, 0.3) is 11.1 Å². The summed E-state index contributed by atoms with van der Waals surface area (Å²) in [4.78, 5) is 37.2. The van der Waals surface area contributed by atoms with Crippen molar-refractivity contribution in [1.29, 1.82) is 0 Å². The van der Waals surface area contributed by atoms with Gasteiger partial charge in [0.25, 0.3) is 0 Å². The summed E-state index contributed by atoms with van der Waals surface area (Å²) in [6, 6.07) is 17.7. The van der Waals surface area contributed by atoms with Crippen molar-refractivity contribution in [3.8, 4) is 11.1 Å². The molecule has 1 fully saturated rings. The maximum atomic E-state index is 12.7. The van der Waals surface area contributed by atoms with Crippen molar-refractivity contribution in [1.82, 2.24) is 15.5 Å². The summed E-state index contributed by atoms with van der Waals surface area (Å²) in [5.41, 5.74) is 9.25. The monoisotopic (exact) mass is 420 g/mol. The van der Waals surface area contributed by atoms with Crippen LogP contribution in [-0.4, -0.2) is 42.1 Å². The highest BCUT2D eigenvalue weighted by Gasteiger charge is 2.33. The van der Waals surface area contributed by atoms with Gasteiger partial charge in [-0.05, 0) is 29.5 Å². The molecule has 1 aliphatic rings. The number of nitrogens with one attached hydrogen (secondary N) is 2. The molecule has 0 saturated carbocycles. The molecule has 0 aromatic heterocycles. The number of hydrogen-bond donors (Lipinski definition) is 3. The van der Waals surface area contributed by atoms with E-state index in [1.807, 2.05) is 42.5 Å². The highest BCUT2D eigenvalue weighted by Crippen LogP contribution is 2.20. The molecule has 1 atom stereocenters. The van der Waals surface area contributed by atoms with Crippen molar-refractivity contribution < 1.29 is 14.4 Å². The van der Waals surface area contributed by atoms with Crippen molar-refractivity contribution in [3.05, 3.63) is 72.1 Å². The van der Waals surface area contributed by atoms with Gasteiger partial charge in [-0.25, -0.2) is 0 Å².